The third kappa shape index (κ3) is 2.13. The van der Waals surface area contributed by atoms with Crippen LogP contribution >= 0.6 is 0 Å². The minimum Gasteiger partial charge on any atom is -0.478 e. The Bertz CT molecular complexity index is 688. The molecular formula is C14H17N3O3. The summed E-state index contributed by atoms with van der Waals surface area (Å²) in [7, 11) is 3.38. The van der Waals surface area contributed by atoms with Crippen LogP contribution in [-0.2, 0) is 4.79 Å². The van der Waals surface area contributed by atoms with Gasteiger partial charge in [-0.2, -0.15) is 0 Å². The Morgan fingerprint density at radius 3 is 2.55 bits per heavy atom. The molecule has 0 fully saturated rings. The fourth-order valence-corrected chi connectivity index (χ4v) is 2.38. The summed E-state index contributed by atoms with van der Waals surface area (Å²) >= 11 is 0. The molecule has 0 radical (unpaired) electrons. The van der Waals surface area contributed by atoms with Crippen LogP contribution in [0.15, 0.2) is 18.2 Å². The molecule has 1 aromatic heterocycles. The Balaban J connectivity index is 2.66. The molecule has 1 unspecified atom stereocenters. The highest BCUT2D eigenvalue weighted by atomic mass is 16.4. The second-order valence-electron chi connectivity index (χ2n) is 4.92. The monoisotopic (exact) mass is 275 g/mol. The van der Waals surface area contributed by atoms with Crippen LogP contribution in [0.1, 0.15) is 29.1 Å². The van der Waals surface area contributed by atoms with E-state index in [1.165, 1.54) is 11.0 Å². The average Bonchev–Trinajstić information content (AvgIpc) is 2.72. The number of carboxylic acids is 1. The van der Waals surface area contributed by atoms with E-state index in [1.807, 2.05) is 0 Å². The maximum absolute atomic E-state index is 12.1. The van der Waals surface area contributed by atoms with Crippen LogP contribution in [0, 0.1) is 6.92 Å². The van der Waals surface area contributed by atoms with Crippen molar-refractivity contribution in [3.63, 3.8) is 0 Å². The van der Waals surface area contributed by atoms with Gasteiger partial charge in [-0.1, -0.05) is 6.07 Å². The van der Waals surface area contributed by atoms with Gasteiger partial charge in [0.05, 0.1) is 11.1 Å². The van der Waals surface area contributed by atoms with Gasteiger partial charge in [-0.15, -0.1) is 0 Å². The number of benzene rings is 1. The van der Waals surface area contributed by atoms with Gasteiger partial charge in [0.1, 0.15) is 17.4 Å². The number of carbonyl (C=O) groups excluding carboxylic acids is 1. The number of carbonyl (C=O) groups is 2. The lowest BCUT2D eigenvalue weighted by atomic mass is 10.2. The van der Waals surface area contributed by atoms with E-state index >= 15 is 0 Å². The molecule has 2 rings (SSSR count). The topological polar surface area (TPSA) is 75.4 Å². The van der Waals surface area contributed by atoms with Crippen LogP contribution in [0.4, 0.5) is 0 Å². The van der Waals surface area contributed by atoms with Crippen molar-refractivity contribution in [2.24, 2.45) is 0 Å². The van der Waals surface area contributed by atoms with Crippen LogP contribution in [0.25, 0.3) is 11.0 Å². The van der Waals surface area contributed by atoms with Crippen molar-refractivity contribution in [3.8, 4) is 0 Å². The van der Waals surface area contributed by atoms with Gasteiger partial charge < -0.3 is 14.6 Å². The molecular weight excluding hydrogens is 258 g/mol. The summed E-state index contributed by atoms with van der Waals surface area (Å²) in [5.41, 5.74) is 1.22. The zero-order valence-electron chi connectivity index (χ0n) is 11.9. The third-order valence-corrected chi connectivity index (χ3v) is 3.31. The molecule has 2 aromatic rings. The highest BCUT2D eigenvalue weighted by Gasteiger charge is 2.23. The number of likely N-dealkylation sites (N-methyl/N-ethyl adjacent to an activating group) is 1. The fraction of sp³-hybridized carbons (Fsp3) is 0.357. The fourth-order valence-electron chi connectivity index (χ4n) is 2.38. The number of amides is 1. The lowest BCUT2D eigenvalue weighted by molar-refractivity contribution is -0.131. The molecule has 0 saturated carbocycles. The van der Waals surface area contributed by atoms with E-state index < -0.39 is 12.0 Å². The number of nitrogens with zero attached hydrogens (tertiary/aromatic N) is 3. The molecule has 1 amide bonds. The summed E-state index contributed by atoms with van der Waals surface area (Å²) in [5.74, 6) is -0.462. The molecule has 6 heteroatoms. The first-order valence-corrected chi connectivity index (χ1v) is 6.26. The number of aromatic carboxylic acids is 1. The first-order valence-electron chi connectivity index (χ1n) is 6.26. The first-order chi connectivity index (χ1) is 9.34. The van der Waals surface area contributed by atoms with Gasteiger partial charge in [0.15, 0.2) is 0 Å². The number of imidazole rings is 1. The van der Waals surface area contributed by atoms with Gasteiger partial charge in [-0.05, 0) is 26.0 Å². The zero-order valence-corrected chi connectivity index (χ0v) is 11.9. The van der Waals surface area contributed by atoms with E-state index in [-0.39, 0.29) is 11.5 Å². The number of rotatable bonds is 3. The van der Waals surface area contributed by atoms with Crippen LogP contribution < -0.4 is 0 Å². The van der Waals surface area contributed by atoms with Gasteiger partial charge in [0.25, 0.3) is 0 Å². The van der Waals surface area contributed by atoms with Gasteiger partial charge in [-0.25, -0.2) is 9.78 Å². The zero-order chi connectivity index (χ0) is 15.0. The number of fused-ring (bicyclic) bond motifs is 1. The molecule has 6 nitrogen and oxygen atoms in total. The number of carboxylic acid groups (broad SMARTS) is 1. The lowest BCUT2D eigenvalue weighted by Gasteiger charge is -2.19. The van der Waals surface area contributed by atoms with Crippen molar-refractivity contribution in [3.05, 3.63) is 29.6 Å². The number of para-hydroxylation sites is 1. The smallest absolute Gasteiger partial charge is 0.337 e. The Kier molecular flexibility index (Phi) is 3.48. The Hall–Kier alpha value is -2.37. The summed E-state index contributed by atoms with van der Waals surface area (Å²) in [6.07, 6.45) is 0. The standard InChI is InChI=1S/C14H17N3O3/c1-8(13(18)16(3)4)17-9(2)15-12-10(14(19)20)6-5-7-11(12)17/h5-8H,1-4H3,(H,19,20). The quantitative estimate of drug-likeness (QED) is 0.925. The van der Waals surface area contributed by atoms with E-state index in [2.05, 4.69) is 4.98 Å². The number of hydrogen-bond donors (Lipinski definition) is 1. The molecule has 1 atom stereocenters. The van der Waals surface area contributed by atoms with Crippen molar-refractivity contribution in [1.82, 2.24) is 14.5 Å². The largest absolute Gasteiger partial charge is 0.478 e. The highest BCUT2D eigenvalue weighted by Crippen LogP contribution is 2.24. The van der Waals surface area contributed by atoms with E-state index in [0.29, 0.717) is 16.9 Å². The van der Waals surface area contributed by atoms with E-state index in [0.717, 1.165) is 0 Å². The normalized spacial score (nSPS) is 12.4. The molecule has 0 spiro atoms. The van der Waals surface area contributed by atoms with Crippen LogP contribution in [-0.4, -0.2) is 45.5 Å². The summed E-state index contributed by atoms with van der Waals surface area (Å²) in [4.78, 5) is 29.2. The van der Waals surface area contributed by atoms with Gasteiger partial charge in [0, 0.05) is 14.1 Å². The van der Waals surface area contributed by atoms with E-state index in [1.54, 1.807) is 44.6 Å². The van der Waals surface area contributed by atoms with E-state index in [4.69, 9.17) is 0 Å². The molecule has 106 valence electrons. The summed E-state index contributed by atoms with van der Waals surface area (Å²) in [6.45, 7) is 3.55. The van der Waals surface area contributed by atoms with Gasteiger partial charge in [0.2, 0.25) is 5.91 Å². The molecule has 0 aliphatic rings. The van der Waals surface area contributed by atoms with Crippen molar-refractivity contribution in [1.29, 1.82) is 0 Å². The van der Waals surface area contributed by atoms with Crippen LogP contribution in [0.3, 0.4) is 0 Å². The van der Waals surface area contributed by atoms with Crippen molar-refractivity contribution in [2.75, 3.05) is 14.1 Å². The van der Waals surface area contributed by atoms with E-state index in [9.17, 15) is 14.7 Å². The summed E-state index contributed by atoms with van der Waals surface area (Å²) in [5, 5.41) is 9.19. The predicted octanol–water partition coefficient (Wildman–Crippen LogP) is 1.69. The molecule has 1 N–H and O–H groups in total. The molecule has 0 aliphatic heterocycles. The Morgan fingerprint density at radius 1 is 1.35 bits per heavy atom. The Labute approximate surface area is 116 Å². The maximum Gasteiger partial charge on any atom is 0.337 e. The average molecular weight is 275 g/mol. The second kappa shape index (κ2) is 4.96. The Morgan fingerprint density at radius 2 is 2.00 bits per heavy atom. The number of hydrogen-bond acceptors (Lipinski definition) is 3. The van der Waals surface area contributed by atoms with Crippen molar-refractivity contribution in [2.45, 2.75) is 19.9 Å². The molecule has 1 aromatic carbocycles. The number of aromatic nitrogens is 2. The lowest BCUT2D eigenvalue weighted by Crippen LogP contribution is -2.30. The van der Waals surface area contributed by atoms with Crippen LogP contribution in [0.2, 0.25) is 0 Å². The first kappa shape index (κ1) is 14.0. The maximum atomic E-state index is 12.1. The van der Waals surface area contributed by atoms with Gasteiger partial charge in [-0.3, -0.25) is 4.79 Å². The van der Waals surface area contributed by atoms with Gasteiger partial charge >= 0.3 is 5.97 Å². The molecule has 0 aliphatic carbocycles. The summed E-state index contributed by atoms with van der Waals surface area (Å²) in [6, 6.07) is 4.52. The molecule has 0 bridgehead atoms. The molecule has 20 heavy (non-hydrogen) atoms. The number of aryl methyl sites for hydroxylation is 1. The minimum atomic E-state index is -1.02. The third-order valence-electron chi connectivity index (χ3n) is 3.31. The minimum absolute atomic E-state index is 0.0619. The molecule has 1 heterocycles. The van der Waals surface area contributed by atoms with Crippen molar-refractivity contribution < 1.29 is 14.7 Å². The highest BCUT2D eigenvalue weighted by molar-refractivity contribution is 6.01. The van der Waals surface area contributed by atoms with Crippen LogP contribution in [0.5, 0.6) is 0 Å². The summed E-state index contributed by atoms with van der Waals surface area (Å²) < 4.78 is 1.77. The predicted molar refractivity (Wildman–Crippen MR) is 74.8 cm³/mol. The second-order valence-corrected chi connectivity index (χ2v) is 4.92. The van der Waals surface area contributed by atoms with Crippen molar-refractivity contribution >= 4 is 22.9 Å². The SMILES string of the molecule is Cc1nc2c(C(=O)O)cccc2n1C(C)C(=O)N(C)C. The molecule has 0 saturated heterocycles.